The topological polar surface area (TPSA) is 57.8 Å². The number of halogens is 1. The van der Waals surface area contributed by atoms with E-state index >= 15 is 0 Å². The molecule has 0 aliphatic carbocycles. The maximum Gasteiger partial charge on any atom is 0.226 e. The number of aromatic amines is 1. The Morgan fingerprint density at radius 2 is 2.21 bits per heavy atom. The van der Waals surface area contributed by atoms with Gasteiger partial charge in [-0.1, -0.05) is 41.1 Å². The summed E-state index contributed by atoms with van der Waals surface area (Å²) in [5.41, 5.74) is 1.92. The van der Waals surface area contributed by atoms with Crippen LogP contribution >= 0.6 is 15.9 Å². The van der Waals surface area contributed by atoms with Gasteiger partial charge >= 0.3 is 0 Å². The molecule has 4 nitrogen and oxygen atoms in total. The first-order valence-corrected chi connectivity index (χ1v) is 7.02. The fourth-order valence-electron chi connectivity index (χ4n) is 1.96. The third kappa shape index (κ3) is 3.67. The van der Waals surface area contributed by atoms with E-state index < -0.39 is 0 Å². The smallest absolute Gasteiger partial charge is 0.226 e. The fraction of sp³-hybridized carbons (Fsp3) is 0.286. The molecule has 2 aromatic rings. The minimum atomic E-state index is -0.00754. The molecule has 1 atom stereocenters. The number of nitrogens with one attached hydrogen (secondary N) is 2. The molecule has 0 saturated carbocycles. The Labute approximate surface area is 120 Å². The summed E-state index contributed by atoms with van der Waals surface area (Å²) in [5.74, 6) is -0.00754. The van der Waals surface area contributed by atoms with Crippen LogP contribution in [0.4, 0.5) is 0 Å². The Kier molecular flexibility index (Phi) is 4.74. The van der Waals surface area contributed by atoms with E-state index in [2.05, 4.69) is 38.4 Å². The van der Waals surface area contributed by atoms with Crippen molar-refractivity contribution >= 4 is 21.8 Å². The summed E-state index contributed by atoms with van der Waals surface area (Å²) < 4.78 is 1.02. The maximum atomic E-state index is 12.0. The SMILES string of the molecule is CC[C@@H](NC(=O)Cc1ccn[nH]1)c1ccccc1Br. The van der Waals surface area contributed by atoms with Crippen molar-refractivity contribution in [1.29, 1.82) is 0 Å². The van der Waals surface area contributed by atoms with Crippen LogP contribution in [-0.4, -0.2) is 16.1 Å². The van der Waals surface area contributed by atoms with Gasteiger partial charge in [-0.2, -0.15) is 5.10 Å². The molecule has 1 aromatic carbocycles. The molecule has 1 aromatic heterocycles. The van der Waals surface area contributed by atoms with Crippen molar-refractivity contribution in [2.45, 2.75) is 25.8 Å². The Morgan fingerprint density at radius 1 is 1.42 bits per heavy atom. The summed E-state index contributed by atoms with van der Waals surface area (Å²) in [7, 11) is 0. The second-order valence-electron chi connectivity index (χ2n) is 4.31. The molecule has 1 amide bonds. The van der Waals surface area contributed by atoms with E-state index in [-0.39, 0.29) is 11.9 Å². The van der Waals surface area contributed by atoms with Gasteiger partial charge in [-0.3, -0.25) is 9.89 Å². The van der Waals surface area contributed by atoms with Crippen LogP contribution in [0.2, 0.25) is 0 Å². The summed E-state index contributed by atoms with van der Waals surface area (Å²) >= 11 is 3.52. The van der Waals surface area contributed by atoms with Gasteiger partial charge in [-0.15, -0.1) is 0 Å². The van der Waals surface area contributed by atoms with Gasteiger partial charge in [0.15, 0.2) is 0 Å². The monoisotopic (exact) mass is 321 g/mol. The minimum Gasteiger partial charge on any atom is -0.349 e. The van der Waals surface area contributed by atoms with Crippen LogP contribution in [0, 0.1) is 0 Å². The van der Waals surface area contributed by atoms with Gasteiger partial charge in [0.1, 0.15) is 0 Å². The Bertz CT molecular complexity index is 539. The lowest BCUT2D eigenvalue weighted by atomic mass is 10.0. The molecule has 2 rings (SSSR count). The Morgan fingerprint density at radius 3 is 2.84 bits per heavy atom. The normalized spacial score (nSPS) is 12.1. The highest BCUT2D eigenvalue weighted by molar-refractivity contribution is 9.10. The molecule has 0 fully saturated rings. The zero-order valence-electron chi connectivity index (χ0n) is 10.7. The third-order valence-corrected chi connectivity index (χ3v) is 3.66. The largest absolute Gasteiger partial charge is 0.349 e. The molecule has 0 radical (unpaired) electrons. The number of rotatable bonds is 5. The van der Waals surface area contributed by atoms with Crippen molar-refractivity contribution in [3.05, 3.63) is 52.3 Å². The highest BCUT2D eigenvalue weighted by Crippen LogP contribution is 2.25. The average molecular weight is 322 g/mol. The quantitative estimate of drug-likeness (QED) is 0.889. The standard InChI is InChI=1S/C14H16BrN3O/c1-2-13(11-5-3-4-6-12(11)15)17-14(19)9-10-7-8-16-18-10/h3-8,13H,2,9H2,1H3,(H,16,18)(H,17,19)/t13-/m1/s1. The van der Waals surface area contributed by atoms with Gasteiger partial charge < -0.3 is 5.32 Å². The first-order valence-electron chi connectivity index (χ1n) is 6.22. The molecule has 19 heavy (non-hydrogen) atoms. The van der Waals surface area contributed by atoms with Crippen LogP contribution in [-0.2, 0) is 11.2 Å². The summed E-state index contributed by atoms with van der Waals surface area (Å²) in [6, 6.07) is 9.77. The number of hydrogen-bond donors (Lipinski definition) is 2. The van der Waals surface area contributed by atoms with Crippen LogP contribution in [0.1, 0.15) is 30.6 Å². The summed E-state index contributed by atoms with van der Waals surface area (Å²) in [6.45, 7) is 2.06. The van der Waals surface area contributed by atoms with E-state index in [1.165, 1.54) is 0 Å². The van der Waals surface area contributed by atoms with Crippen molar-refractivity contribution in [1.82, 2.24) is 15.5 Å². The second-order valence-corrected chi connectivity index (χ2v) is 5.16. The second kappa shape index (κ2) is 6.52. The number of hydrogen-bond acceptors (Lipinski definition) is 2. The van der Waals surface area contributed by atoms with Gasteiger partial charge in [-0.25, -0.2) is 0 Å². The van der Waals surface area contributed by atoms with Crippen molar-refractivity contribution in [3.8, 4) is 0 Å². The number of nitrogens with zero attached hydrogens (tertiary/aromatic N) is 1. The summed E-state index contributed by atoms with van der Waals surface area (Å²) in [5, 5.41) is 9.67. The molecule has 0 saturated heterocycles. The first kappa shape index (κ1) is 13.8. The number of amides is 1. The third-order valence-electron chi connectivity index (χ3n) is 2.93. The van der Waals surface area contributed by atoms with Crippen LogP contribution in [0.25, 0.3) is 0 Å². The lowest BCUT2D eigenvalue weighted by Crippen LogP contribution is -2.29. The van der Waals surface area contributed by atoms with E-state index in [9.17, 15) is 4.79 Å². The Balaban J connectivity index is 2.03. The molecule has 1 heterocycles. The molecular weight excluding hydrogens is 306 g/mol. The number of H-pyrrole nitrogens is 1. The highest BCUT2D eigenvalue weighted by Gasteiger charge is 2.15. The van der Waals surface area contributed by atoms with Crippen LogP contribution in [0.3, 0.4) is 0 Å². The summed E-state index contributed by atoms with van der Waals surface area (Å²) in [4.78, 5) is 12.0. The van der Waals surface area contributed by atoms with E-state index in [0.717, 1.165) is 22.2 Å². The average Bonchev–Trinajstić information content (AvgIpc) is 2.89. The molecular formula is C14H16BrN3O. The van der Waals surface area contributed by atoms with Gasteiger partial charge in [0.25, 0.3) is 0 Å². The van der Waals surface area contributed by atoms with E-state index in [1.807, 2.05) is 24.3 Å². The van der Waals surface area contributed by atoms with Crippen molar-refractivity contribution < 1.29 is 4.79 Å². The highest BCUT2D eigenvalue weighted by atomic mass is 79.9. The first-order chi connectivity index (χ1) is 9.20. The van der Waals surface area contributed by atoms with E-state index in [0.29, 0.717) is 6.42 Å². The van der Waals surface area contributed by atoms with Gasteiger partial charge in [0.05, 0.1) is 12.5 Å². The predicted molar refractivity (Wildman–Crippen MR) is 77.6 cm³/mol. The van der Waals surface area contributed by atoms with E-state index in [4.69, 9.17) is 0 Å². The lowest BCUT2D eigenvalue weighted by molar-refractivity contribution is -0.121. The number of benzene rings is 1. The molecule has 0 bridgehead atoms. The van der Waals surface area contributed by atoms with Crippen molar-refractivity contribution in [2.24, 2.45) is 0 Å². The molecule has 0 aliphatic rings. The fourth-order valence-corrected chi connectivity index (χ4v) is 2.52. The lowest BCUT2D eigenvalue weighted by Gasteiger charge is -2.18. The van der Waals surface area contributed by atoms with Gasteiger partial charge in [0, 0.05) is 16.4 Å². The van der Waals surface area contributed by atoms with Crippen LogP contribution in [0.15, 0.2) is 41.0 Å². The zero-order valence-corrected chi connectivity index (χ0v) is 12.3. The predicted octanol–water partition coefficient (Wildman–Crippen LogP) is 2.98. The summed E-state index contributed by atoms with van der Waals surface area (Å²) in [6.07, 6.45) is 2.81. The number of carbonyl (C=O) groups is 1. The number of aromatic nitrogens is 2. The van der Waals surface area contributed by atoms with Crippen LogP contribution in [0.5, 0.6) is 0 Å². The molecule has 2 N–H and O–H groups in total. The molecule has 0 aliphatic heterocycles. The minimum absolute atomic E-state index is 0.00754. The number of carbonyl (C=O) groups excluding carboxylic acids is 1. The molecule has 100 valence electrons. The molecule has 5 heteroatoms. The van der Waals surface area contributed by atoms with Crippen molar-refractivity contribution in [2.75, 3.05) is 0 Å². The van der Waals surface area contributed by atoms with Crippen molar-refractivity contribution in [3.63, 3.8) is 0 Å². The molecule has 0 spiro atoms. The zero-order chi connectivity index (χ0) is 13.7. The van der Waals surface area contributed by atoms with Crippen LogP contribution < -0.4 is 5.32 Å². The maximum absolute atomic E-state index is 12.0. The molecule has 0 unspecified atom stereocenters. The van der Waals surface area contributed by atoms with Gasteiger partial charge in [0.2, 0.25) is 5.91 Å². The van der Waals surface area contributed by atoms with E-state index in [1.54, 1.807) is 12.3 Å². The van der Waals surface area contributed by atoms with Gasteiger partial charge in [-0.05, 0) is 24.1 Å². The Hall–Kier alpha value is -1.62.